The molecule has 6 heterocycles. The molecule has 2 saturated heterocycles. The van der Waals surface area contributed by atoms with Crippen LogP contribution in [0.2, 0.25) is 0 Å². The Morgan fingerprint density at radius 2 is 1.93 bits per heavy atom. The quantitative estimate of drug-likeness (QED) is 0.264. The Labute approximate surface area is 247 Å². The van der Waals surface area contributed by atoms with Crippen molar-refractivity contribution in [2.75, 3.05) is 43.9 Å². The third-order valence-corrected chi connectivity index (χ3v) is 9.09. The fourth-order valence-electron chi connectivity index (χ4n) is 5.77. The first-order valence-corrected chi connectivity index (χ1v) is 15.0. The monoisotopic (exact) mass is 586 g/mol. The number of hydrogen-bond acceptors (Lipinski definition) is 9. The average molecular weight is 587 g/mol. The molecule has 2 aliphatic rings. The smallest absolute Gasteiger partial charge is 0.324 e. The molecule has 218 valence electrons. The Morgan fingerprint density at radius 3 is 2.64 bits per heavy atom. The largest absolute Gasteiger partial charge is 0.476 e. The van der Waals surface area contributed by atoms with Crippen molar-refractivity contribution in [1.29, 1.82) is 0 Å². The highest BCUT2D eigenvalue weighted by Crippen LogP contribution is 2.31. The third-order valence-electron chi connectivity index (χ3n) is 8.12. The van der Waals surface area contributed by atoms with E-state index < -0.39 is 6.03 Å². The highest BCUT2D eigenvalue weighted by molar-refractivity contribution is 7.23. The number of ether oxygens (including phenoxy) is 1. The summed E-state index contributed by atoms with van der Waals surface area (Å²) < 4.78 is 13.4. The molecule has 2 fully saturated rings. The maximum absolute atomic E-state index is 12.4. The van der Waals surface area contributed by atoms with E-state index in [1.165, 1.54) is 6.42 Å². The fraction of sp³-hybridized carbons (Fsp3) is 0.400. The molecular weight excluding hydrogens is 552 g/mol. The number of carbonyl (C=O) groups excluding carboxylic acids is 1. The second-order valence-electron chi connectivity index (χ2n) is 12.2. The number of amides is 2. The van der Waals surface area contributed by atoms with Crippen molar-refractivity contribution in [3.8, 4) is 17.1 Å². The van der Waals surface area contributed by atoms with Crippen LogP contribution < -0.4 is 15.4 Å². The molecule has 0 aliphatic carbocycles. The van der Waals surface area contributed by atoms with Gasteiger partial charge >= 0.3 is 6.03 Å². The van der Waals surface area contributed by atoms with Crippen LogP contribution in [0.1, 0.15) is 33.0 Å². The number of fused-ring (bicyclic) bond motifs is 5. The van der Waals surface area contributed by atoms with E-state index in [9.17, 15) is 4.79 Å². The van der Waals surface area contributed by atoms with Gasteiger partial charge in [0.25, 0.3) is 0 Å². The minimum Gasteiger partial charge on any atom is -0.476 e. The van der Waals surface area contributed by atoms with Crippen LogP contribution >= 0.6 is 11.3 Å². The summed E-state index contributed by atoms with van der Waals surface area (Å²) in [6.07, 6.45) is 3.29. The molecule has 42 heavy (non-hydrogen) atoms. The minimum absolute atomic E-state index is 0.189. The molecule has 0 radical (unpaired) electrons. The van der Waals surface area contributed by atoms with Gasteiger partial charge in [-0.15, -0.1) is 0 Å². The summed E-state index contributed by atoms with van der Waals surface area (Å²) in [7, 11) is 2.22. The van der Waals surface area contributed by atoms with Crippen LogP contribution in [0.3, 0.4) is 0 Å². The van der Waals surface area contributed by atoms with Crippen molar-refractivity contribution < 1.29 is 14.1 Å². The van der Waals surface area contributed by atoms with E-state index in [1.807, 2.05) is 63.4 Å². The van der Waals surface area contributed by atoms with Crippen molar-refractivity contribution >= 4 is 44.2 Å². The molecule has 12 heteroatoms. The molecule has 2 atom stereocenters. The molecule has 2 N–H and O–H groups in total. The van der Waals surface area contributed by atoms with Crippen molar-refractivity contribution in [2.24, 2.45) is 0 Å². The molecule has 4 aromatic heterocycles. The molecule has 2 amide bonds. The van der Waals surface area contributed by atoms with Gasteiger partial charge in [-0.3, -0.25) is 14.6 Å². The Bertz CT molecular complexity index is 1750. The molecule has 2 aliphatic heterocycles. The number of benzene rings is 1. The van der Waals surface area contributed by atoms with Crippen molar-refractivity contribution in [3.63, 3.8) is 0 Å². The summed E-state index contributed by atoms with van der Waals surface area (Å²) in [6.45, 7) is 9.93. The van der Waals surface area contributed by atoms with Crippen molar-refractivity contribution in [2.45, 2.75) is 44.7 Å². The van der Waals surface area contributed by atoms with Crippen LogP contribution in [0.5, 0.6) is 5.88 Å². The van der Waals surface area contributed by atoms with E-state index in [2.05, 4.69) is 37.0 Å². The lowest BCUT2D eigenvalue weighted by atomic mass is 9.93. The Kier molecular flexibility index (Phi) is 6.63. The van der Waals surface area contributed by atoms with Gasteiger partial charge in [0.2, 0.25) is 5.88 Å². The van der Waals surface area contributed by atoms with Gasteiger partial charge in [0.1, 0.15) is 17.2 Å². The molecule has 2 bridgehead atoms. The molecule has 0 saturated carbocycles. The van der Waals surface area contributed by atoms with Gasteiger partial charge < -0.3 is 19.5 Å². The highest BCUT2D eigenvalue weighted by Gasteiger charge is 2.40. The van der Waals surface area contributed by atoms with Gasteiger partial charge in [0.05, 0.1) is 11.2 Å². The number of nitrogens with one attached hydrogen (secondary N) is 2. The van der Waals surface area contributed by atoms with Crippen LogP contribution in [-0.2, 0) is 5.41 Å². The first-order chi connectivity index (χ1) is 20.2. The van der Waals surface area contributed by atoms with Crippen molar-refractivity contribution in [1.82, 2.24) is 29.3 Å². The average Bonchev–Trinajstić information content (AvgIpc) is 3.76. The number of thiazole rings is 1. The van der Waals surface area contributed by atoms with Gasteiger partial charge in [0.15, 0.2) is 10.8 Å². The van der Waals surface area contributed by atoms with E-state index in [1.54, 1.807) is 17.4 Å². The molecule has 7 rings (SSSR count). The number of likely N-dealkylation sites (tertiary alicyclic amines) is 2. The van der Waals surface area contributed by atoms with Crippen LogP contribution in [0.25, 0.3) is 26.6 Å². The first-order valence-electron chi connectivity index (χ1n) is 14.2. The molecular formula is C30H34N8O3S. The number of likely N-dealkylation sites (N-methyl/N-ethyl adjacent to an activating group) is 1. The molecule has 1 aromatic carbocycles. The number of pyridine rings is 1. The normalized spacial score (nSPS) is 19.2. The van der Waals surface area contributed by atoms with Crippen LogP contribution in [0.15, 0.2) is 53.2 Å². The van der Waals surface area contributed by atoms with E-state index in [4.69, 9.17) is 19.2 Å². The standard InChI is InChI=1S/C30H34N8O3S/c1-30(2,3)24-14-25(35-41-24)33-28(39)31-19-7-5-18(6-8-19)22-17-38-23-9-10-26(34-27(23)42-29(38)32-22)40-12-11-37-16-20-13-21(37)15-36(20)4/h5-10,14,17,20-21H,11-13,15-16H2,1-4H3,(H2,31,33,35,39)/t20-,21+/m0/s1. The Balaban J connectivity index is 0.969. The van der Waals surface area contributed by atoms with E-state index in [-0.39, 0.29) is 5.41 Å². The SMILES string of the molecule is CN1C[C@H]2C[C@H]1CN2CCOc1ccc2c(n1)sc1nc(-c3ccc(NC(=O)Nc4cc(C(C)(C)C)on4)cc3)cn12. The van der Waals surface area contributed by atoms with Crippen LogP contribution in [0, 0.1) is 0 Å². The zero-order valence-corrected chi connectivity index (χ0v) is 24.9. The first kappa shape index (κ1) is 26.9. The Hall–Kier alpha value is -4.00. The highest BCUT2D eigenvalue weighted by atomic mass is 32.1. The number of aromatic nitrogens is 4. The summed E-state index contributed by atoms with van der Waals surface area (Å²) in [5.74, 6) is 1.72. The van der Waals surface area contributed by atoms with Gasteiger partial charge in [-0.05, 0) is 31.7 Å². The summed E-state index contributed by atoms with van der Waals surface area (Å²) in [5, 5.41) is 9.46. The number of urea groups is 1. The fourth-order valence-corrected chi connectivity index (χ4v) is 6.74. The molecule has 0 unspecified atom stereocenters. The van der Waals surface area contributed by atoms with E-state index >= 15 is 0 Å². The summed E-state index contributed by atoms with van der Waals surface area (Å²) in [4.78, 5) is 28.8. The third kappa shape index (κ3) is 5.21. The van der Waals surface area contributed by atoms with Crippen LogP contribution in [0.4, 0.5) is 16.3 Å². The number of nitrogens with zero attached hydrogens (tertiary/aromatic N) is 6. The van der Waals surface area contributed by atoms with Gasteiger partial charge in [-0.25, -0.2) is 14.8 Å². The molecule has 0 spiro atoms. The Morgan fingerprint density at radius 1 is 1.10 bits per heavy atom. The molecule has 5 aromatic rings. The number of rotatable bonds is 7. The van der Waals surface area contributed by atoms with Crippen molar-refractivity contribution in [3.05, 3.63) is 54.4 Å². The van der Waals surface area contributed by atoms with Gasteiger partial charge in [-0.2, -0.15) is 0 Å². The summed E-state index contributed by atoms with van der Waals surface area (Å²) in [5.41, 5.74) is 3.27. The number of piperazine rings is 1. The zero-order valence-electron chi connectivity index (χ0n) is 24.1. The lowest BCUT2D eigenvalue weighted by molar-refractivity contribution is 0.128. The lowest BCUT2D eigenvalue weighted by Gasteiger charge is -2.31. The zero-order chi connectivity index (χ0) is 29.0. The summed E-state index contributed by atoms with van der Waals surface area (Å²) >= 11 is 1.54. The van der Waals surface area contributed by atoms with Gasteiger partial charge in [0, 0.05) is 66.7 Å². The van der Waals surface area contributed by atoms with Gasteiger partial charge in [-0.1, -0.05) is 49.4 Å². The predicted molar refractivity (Wildman–Crippen MR) is 164 cm³/mol. The van der Waals surface area contributed by atoms with Crippen LogP contribution in [-0.4, -0.2) is 80.7 Å². The number of hydrogen-bond donors (Lipinski definition) is 2. The second-order valence-corrected chi connectivity index (χ2v) is 13.1. The topological polar surface area (TPSA) is 113 Å². The maximum atomic E-state index is 12.4. The van der Waals surface area contributed by atoms with E-state index in [0.717, 1.165) is 46.2 Å². The lowest BCUT2D eigenvalue weighted by Crippen LogP contribution is -2.45. The molecule has 11 nitrogen and oxygen atoms in total. The predicted octanol–water partition coefficient (Wildman–Crippen LogP) is 5.31. The second kappa shape index (κ2) is 10.4. The maximum Gasteiger partial charge on any atom is 0.324 e. The van der Waals surface area contributed by atoms with E-state index in [0.29, 0.717) is 41.8 Å². The number of carbonyl (C=O) groups is 1. The number of imidazole rings is 1. The number of anilines is 2. The summed E-state index contributed by atoms with van der Waals surface area (Å²) in [6, 6.07) is 14.3. The minimum atomic E-state index is -0.391.